The maximum atomic E-state index is 8.62. The summed E-state index contributed by atoms with van der Waals surface area (Å²) in [5.74, 6) is 0.335. The van der Waals surface area contributed by atoms with Crippen LogP contribution in [0.3, 0.4) is 0 Å². The Kier molecular flexibility index (Phi) is 5.88. The zero-order valence-corrected chi connectivity index (χ0v) is 11.8. The zero-order chi connectivity index (χ0) is 13.6. The molecule has 1 fully saturated rings. The third kappa shape index (κ3) is 3.85. The van der Waals surface area contributed by atoms with Crippen LogP contribution in [0.5, 0.6) is 0 Å². The van der Waals surface area contributed by atoms with Gasteiger partial charge in [-0.15, -0.1) is 0 Å². The van der Waals surface area contributed by atoms with Crippen LogP contribution in [0.4, 0.5) is 0 Å². The van der Waals surface area contributed by atoms with Crippen molar-refractivity contribution in [3.63, 3.8) is 0 Å². The van der Waals surface area contributed by atoms with Gasteiger partial charge in [0.05, 0.1) is 5.60 Å². The highest BCUT2D eigenvalue weighted by atomic mass is 16.5. The van der Waals surface area contributed by atoms with Crippen LogP contribution in [0, 0.1) is 5.92 Å². The van der Waals surface area contributed by atoms with Crippen LogP contribution < -0.4 is 11.1 Å². The van der Waals surface area contributed by atoms with Gasteiger partial charge in [0.15, 0.2) is 0 Å². The van der Waals surface area contributed by atoms with E-state index >= 15 is 0 Å². The third-order valence-corrected chi connectivity index (χ3v) is 4.11. The first-order valence-corrected chi connectivity index (χ1v) is 6.91. The molecule has 106 valence electrons. The molecule has 0 amide bonds. The zero-order valence-electron chi connectivity index (χ0n) is 11.8. The Balaban J connectivity index is 2.43. The lowest BCUT2D eigenvalue weighted by molar-refractivity contribution is -0.0930. The molecule has 1 aliphatic heterocycles. The van der Waals surface area contributed by atoms with Crippen molar-refractivity contribution in [2.45, 2.75) is 58.1 Å². The van der Waals surface area contributed by atoms with Crippen molar-refractivity contribution < 1.29 is 9.94 Å². The van der Waals surface area contributed by atoms with Gasteiger partial charge in [0.25, 0.3) is 0 Å². The number of nitrogens with two attached hydrogens (primary N) is 1. The van der Waals surface area contributed by atoms with Gasteiger partial charge in [-0.1, -0.05) is 25.9 Å². The molecule has 1 saturated heterocycles. The van der Waals surface area contributed by atoms with Crippen molar-refractivity contribution in [3.8, 4) is 0 Å². The molecule has 0 aromatic heterocycles. The number of rotatable bonds is 6. The highest BCUT2D eigenvalue weighted by molar-refractivity contribution is 5.82. The molecular formula is C13H27N3O2. The topological polar surface area (TPSA) is 79.9 Å². The van der Waals surface area contributed by atoms with Crippen LogP contribution in [-0.2, 0) is 4.74 Å². The van der Waals surface area contributed by atoms with Crippen LogP contribution in [0.1, 0.15) is 46.5 Å². The second-order valence-corrected chi connectivity index (χ2v) is 5.26. The Hall–Kier alpha value is -0.810. The van der Waals surface area contributed by atoms with E-state index in [9.17, 15) is 0 Å². The first-order chi connectivity index (χ1) is 8.56. The van der Waals surface area contributed by atoms with Gasteiger partial charge in [0.1, 0.15) is 5.84 Å². The van der Waals surface area contributed by atoms with Gasteiger partial charge in [0.2, 0.25) is 0 Å². The molecule has 0 aliphatic carbocycles. The van der Waals surface area contributed by atoms with E-state index in [1.54, 1.807) is 0 Å². The van der Waals surface area contributed by atoms with Crippen LogP contribution in [-0.4, -0.2) is 35.8 Å². The molecule has 1 rings (SSSR count). The maximum absolute atomic E-state index is 8.62. The largest absolute Gasteiger partial charge is 0.409 e. The smallest absolute Gasteiger partial charge is 0.143 e. The standard InChI is InChI=1S/C13H27N3O2/c1-4-13(5-2)8-11(6-7-18-13)15-9-10(3)12(14)16-17/h10-11,15,17H,4-9H2,1-3H3,(H2,14,16). The lowest BCUT2D eigenvalue weighted by Crippen LogP contribution is -2.48. The average molecular weight is 257 g/mol. The van der Waals surface area contributed by atoms with Crippen LogP contribution in [0.2, 0.25) is 0 Å². The van der Waals surface area contributed by atoms with Gasteiger partial charge in [0, 0.05) is 25.1 Å². The minimum atomic E-state index is 0.0375. The summed E-state index contributed by atoms with van der Waals surface area (Å²) >= 11 is 0. The Bertz CT molecular complexity index is 277. The summed E-state index contributed by atoms with van der Waals surface area (Å²) in [6, 6.07) is 0.465. The average Bonchev–Trinajstić information content (AvgIpc) is 2.43. The van der Waals surface area contributed by atoms with Crippen LogP contribution >= 0.6 is 0 Å². The minimum absolute atomic E-state index is 0.0375. The van der Waals surface area contributed by atoms with E-state index in [-0.39, 0.29) is 17.4 Å². The molecule has 0 spiro atoms. The number of ether oxygens (including phenoxy) is 1. The third-order valence-electron chi connectivity index (χ3n) is 4.11. The highest BCUT2D eigenvalue weighted by Gasteiger charge is 2.34. The highest BCUT2D eigenvalue weighted by Crippen LogP contribution is 2.31. The Labute approximate surface area is 110 Å². The van der Waals surface area contributed by atoms with E-state index in [4.69, 9.17) is 15.7 Å². The fourth-order valence-electron chi connectivity index (χ4n) is 2.49. The van der Waals surface area contributed by atoms with E-state index in [0.29, 0.717) is 6.04 Å². The fourth-order valence-corrected chi connectivity index (χ4v) is 2.49. The van der Waals surface area contributed by atoms with E-state index in [2.05, 4.69) is 24.3 Å². The first kappa shape index (κ1) is 15.2. The molecule has 1 aliphatic rings. The van der Waals surface area contributed by atoms with E-state index in [0.717, 1.165) is 38.8 Å². The second-order valence-electron chi connectivity index (χ2n) is 5.26. The summed E-state index contributed by atoms with van der Waals surface area (Å²) < 4.78 is 5.94. The van der Waals surface area contributed by atoms with Crippen molar-refractivity contribution in [1.29, 1.82) is 0 Å². The van der Waals surface area contributed by atoms with E-state index < -0.39 is 0 Å². The van der Waals surface area contributed by atoms with Crippen molar-refractivity contribution in [2.24, 2.45) is 16.8 Å². The molecule has 0 aromatic carbocycles. The van der Waals surface area contributed by atoms with Crippen molar-refractivity contribution in [1.82, 2.24) is 5.32 Å². The Morgan fingerprint density at radius 3 is 2.78 bits per heavy atom. The summed E-state index contributed by atoms with van der Waals surface area (Å²) in [4.78, 5) is 0. The summed E-state index contributed by atoms with van der Waals surface area (Å²) in [6.45, 7) is 7.88. The van der Waals surface area contributed by atoms with Gasteiger partial charge in [-0.2, -0.15) is 0 Å². The van der Waals surface area contributed by atoms with E-state index in [1.807, 2.05) is 6.92 Å². The molecule has 1 heterocycles. The fraction of sp³-hybridized carbons (Fsp3) is 0.923. The molecule has 0 radical (unpaired) electrons. The minimum Gasteiger partial charge on any atom is -0.409 e. The predicted molar refractivity (Wildman–Crippen MR) is 72.9 cm³/mol. The lowest BCUT2D eigenvalue weighted by atomic mass is 9.86. The monoisotopic (exact) mass is 257 g/mol. The molecule has 5 heteroatoms. The number of oxime groups is 1. The molecule has 5 nitrogen and oxygen atoms in total. The molecule has 0 bridgehead atoms. The van der Waals surface area contributed by atoms with Gasteiger partial charge in [-0.3, -0.25) is 0 Å². The van der Waals surface area contributed by atoms with E-state index in [1.165, 1.54) is 0 Å². The number of nitrogens with zero attached hydrogens (tertiary/aromatic N) is 1. The Morgan fingerprint density at radius 2 is 2.22 bits per heavy atom. The predicted octanol–water partition coefficient (Wildman–Crippen LogP) is 1.70. The van der Waals surface area contributed by atoms with Crippen LogP contribution in [0.15, 0.2) is 5.16 Å². The molecule has 2 unspecified atom stereocenters. The van der Waals surface area contributed by atoms with Crippen molar-refractivity contribution in [3.05, 3.63) is 0 Å². The van der Waals surface area contributed by atoms with Gasteiger partial charge >= 0.3 is 0 Å². The molecule has 2 atom stereocenters. The summed E-state index contributed by atoms with van der Waals surface area (Å²) in [5.41, 5.74) is 5.61. The number of nitrogens with one attached hydrogen (secondary N) is 1. The molecular weight excluding hydrogens is 230 g/mol. The van der Waals surface area contributed by atoms with Crippen molar-refractivity contribution in [2.75, 3.05) is 13.2 Å². The lowest BCUT2D eigenvalue weighted by Gasteiger charge is -2.40. The van der Waals surface area contributed by atoms with Crippen LogP contribution in [0.25, 0.3) is 0 Å². The maximum Gasteiger partial charge on any atom is 0.143 e. The second kappa shape index (κ2) is 6.95. The SMILES string of the molecule is CCC1(CC)CC(NCC(C)C(N)=NO)CCO1. The van der Waals surface area contributed by atoms with Gasteiger partial charge in [-0.05, 0) is 25.7 Å². The summed E-state index contributed by atoms with van der Waals surface area (Å²) in [7, 11) is 0. The Morgan fingerprint density at radius 1 is 1.56 bits per heavy atom. The number of amidine groups is 1. The van der Waals surface area contributed by atoms with Gasteiger partial charge in [-0.25, -0.2) is 0 Å². The first-order valence-electron chi connectivity index (χ1n) is 6.91. The number of hydrogen-bond acceptors (Lipinski definition) is 4. The number of hydrogen-bond donors (Lipinski definition) is 3. The van der Waals surface area contributed by atoms with Crippen molar-refractivity contribution >= 4 is 5.84 Å². The molecule has 0 saturated carbocycles. The quantitative estimate of drug-likeness (QED) is 0.293. The molecule has 4 N–H and O–H groups in total. The van der Waals surface area contributed by atoms with Gasteiger partial charge < -0.3 is 21.0 Å². The summed E-state index contributed by atoms with van der Waals surface area (Å²) in [5, 5.41) is 15.2. The molecule has 18 heavy (non-hydrogen) atoms. The summed E-state index contributed by atoms with van der Waals surface area (Å²) in [6.07, 6.45) is 4.18. The normalized spacial score (nSPS) is 25.9. The molecule has 0 aromatic rings.